The van der Waals surface area contributed by atoms with Gasteiger partial charge in [-0.05, 0) is 30.5 Å². The van der Waals surface area contributed by atoms with Crippen LogP contribution in [-0.4, -0.2) is 32.8 Å². The molecule has 1 aliphatic heterocycles. The van der Waals surface area contributed by atoms with E-state index in [0.29, 0.717) is 0 Å². The van der Waals surface area contributed by atoms with Crippen LogP contribution in [0.2, 0.25) is 0 Å². The van der Waals surface area contributed by atoms with Gasteiger partial charge in [0.1, 0.15) is 0 Å². The Balaban J connectivity index is 1.53. The topological polar surface area (TPSA) is 24.5 Å². The van der Waals surface area contributed by atoms with Gasteiger partial charge in [0.25, 0.3) is 0 Å². The Morgan fingerprint density at radius 1 is 0.909 bits per heavy atom. The van der Waals surface area contributed by atoms with Gasteiger partial charge >= 0.3 is 0 Å². The van der Waals surface area contributed by atoms with E-state index < -0.39 is 0 Å². The van der Waals surface area contributed by atoms with Crippen LogP contribution in [0.15, 0.2) is 54.6 Å². The van der Waals surface area contributed by atoms with E-state index in [4.69, 9.17) is 4.74 Å². The second kappa shape index (κ2) is 7.85. The minimum Gasteiger partial charge on any atom is -0.383 e. The van der Waals surface area contributed by atoms with E-state index in [1.807, 2.05) is 0 Å². The first-order valence-electron chi connectivity index (χ1n) is 8.13. The molecule has 0 radical (unpaired) electrons. The Morgan fingerprint density at radius 3 is 2.45 bits per heavy atom. The van der Waals surface area contributed by atoms with E-state index >= 15 is 0 Å². The van der Waals surface area contributed by atoms with Crippen molar-refractivity contribution in [1.82, 2.24) is 0 Å². The van der Waals surface area contributed by atoms with E-state index in [1.54, 1.807) is 0 Å². The molecule has 1 aliphatic rings. The summed E-state index contributed by atoms with van der Waals surface area (Å²) in [7, 11) is 0. The number of nitrogens with one attached hydrogen (secondary N) is 1. The highest BCUT2D eigenvalue weighted by Gasteiger charge is 2.13. The van der Waals surface area contributed by atoms with E-state index in [2.05, 4.69) is 64.8 Å². The molecule has 3 nitrogen and oxygen atoms in total. The number of ether oxygens (including phenoxy) is 1. The standard InChI is InChI=1S/C19H24N2O/c1-2-7-17(8-3-1)9-6-12-20-18-10-4-5-11-19(18)21-13-15-22-16-14-21/h1-5,7-8,10-11,20H,6,9,12-16H2. The molecule has 1 fully saturated rings. The zero-order chi connectivity index (χ0) is 15.0. The lowest BCUT2D eigenvalue weighted by Crippen LogP contribution is -2.36. The molecule has 0 bridgehead atoms. The summed E-state index contributed by atoms with van der Waals surface area (Å²) < 4.78 is 5.45. The highest BCUT2D eigenvalue weighted by molar-refractivity contribution is 5.70. The van der Waals surface area contributed by atoms with Gasteiger partial charge in [0, 0.05) is 19.6 Å². The highest BCUT2D eigenvalue weighted by atomic mass is 16.5. The van der Waals surface area contributed by atoms with Gasteiger partial charge in [0.2, 0.25) is 0 Å². The summed E-state index contributed by atoms with van der Waals surface area (Å²) in [5, 5.41) is 3.60. The van der Waals surface area contributed by atoms with Crippen molar-refractivity contribution >= 4 is 11.4 Å². The molecule has 0 saturated carbocycles. The van der Waals surface area contributed by atoms with Crippen molar-refractivity contribution in [2.24, 2.45) is 0 Å². The maximum atomic E-state index is 5.45. The Labute approximate surface area is 132 Å². The number of anilines is 2. The fraction of sp³-hybridized carbons (Fsp3) is 0.368. The maximum absolute atomic E-state index is 5.45. The van der Waals surface area contributed by atoms with Gasteiger partial charge in [-0.25, -0.2) is 0 Å². The molecule has 1 N–H and O–H groups in total. The number of morpholine rings is 1. The maximum Gasteiger partial charge on any atom is 0.0642 e. The molecule has 0 amide bonds. The predicted octanol–water partition coefficient (Wildman–Crippen LogP) is 3.57. The van der Waals surface area contributed by atoms with Crippen molar-refractivity contribution in [3.63, 3.8) is 0 Å². The normalized spacial score (nSPS) is 14.8. The number of nitrogens with zero attached hydrogens (tertiary/aromatic N) is 1. The van der Waals surface area contributed by atoms with Crippen LogP contribution in [0.4, 0.5) is 11.4 Å². The molecule has 3 rings (SSSR count). The third-order valence-electron chi connectivity index (χ3n) is 4.06. The van der Waals surface area contributed by atoms with Crippen molar-refractivity contribution in [3.8, 4) is 0 Å². The Kier molecular flexibility index (Phi) is 5.32. The van der Waals surface area contributed by atoms with Crippen molar-refractivity contribution in [2.45, 2.75) is 12.8 Å². The molecular weight excluding hydrogens is 272 g/mol. The minimum atomic E-state index is 0.822. The highest BCUT2D eigenvalue weighted by Crippen LogP contribution is 2.26. The first-order chi connectivity index (χ1) is 10.9. The number of hydrogen-bond donors (Lipinski definition) is 1. The summed E-state index contributed by atoms with van der Waals surface area (Å²) in [6.07, 6.45) is 2.26. The molecule has 0 unspecified atom stereocenters. The second-order valence-electron chi connectivity index (χ2n) is 5.63. The van der Waals surface area contributed by atoms with Crippen LogP contribution in [-0.2, 0) is 11.2 Å². The van der Waals surface area contributed by atoms with Crippen LogP contribution in [0.3, 0.4) is 0 Å². The zero-order valence-corrected chi connectivity index (χ0v) is 13.0. The Hall–Kier alpha value is -2.00. The molecule has 1 saturated heterocycles. The van der Waals surface area contributed by atoms with Crippen molar-refractivity contribution in [2.75, 3.05) is 43.1 Å². The number of hydrogen-bond acceptors (Lipinski definition) is 3. The molecule has 0 aromatic heterocycles. The summed E-state index contributed by atoms with van der Waals surface area (Å²) >= 11 is 0. The van der Waals surface area contributed by atoms with Gasteiger partial charge in [0.15, 0.2) is 0 Å². The van der Waals surface area contributed by atoms with E-state index in [0.717, 1.165) is 45.7 Å². The van der Waals surface area contributed by atoms with Crippen LogP contribution >= 0.6 is 0 Å². The lowest BCUT2D eigenvalue weighted by atomic mass is 10.1. The summed E-state index contributed by atoms with van der Waals surface area (Å²) in [6.45, 7) is 4.59. The summed E-state index contributed by atoms with van der Waals surface area (Å²) in [4.78, 5) is 2.41. The molecule has 0 aliphatic carbocycles. The van der Waals surface area contributed by atoms with E-state index in [9.17, 15) is 0 Å². The number of rotatable bonds is 6. The lowest BCUT2D eigenvalue weighted by Gasteiger charge is -2.30. The molecular formula is C19H24N2O. The SMILES string of the molecule is c1ccc(CCCNc2ccccc2N2CCOCC2)cc1. The molecule has 116 valence electrons. The number of aryl methyl sites for hydroxylation is 1. The van der Waals surface area contributed by atoms with Crippen LogP contribution in [0.25, 0.3) is 0 Å². The third kappa shape index (κ3) is 4.01. The van der Waals surface area contributed by atoms with Gasteiger partial charge in [-0.2, -0.15) is 0 Å². The molecule has 0 spiro atoms. The Morgan fingerprint density at radius 2 is 1.64 bits per heavy atom. The number of para-hydroxylation sites is 2. The average Bonchev–Trinajstić information content (AvgIpc) is 2.61. The third-order valence-corrected chi connectivity index (χ3v) is 4.06. The van der Waals surface area contributed by atoms with Crippen LogP contribution in [0.1, 0.15) is 12.0 Å². The van der Waals surface area contributed by atoms with Crippen molar-refractivity contribution < 1.29 is 4.74 Å². The van der Waals surface area contributed by atoms with Gasteiger partial charge in [-0.3, -0.25) is 0 Å². The summed E-state index contributed by atoms with van der Waals surface area (Å²) in [6, 6.07) is 19.3. The fourth-order valence-electron chi connectivity index (χ4n) is 2.86. The monoisotopic (exact) mass is 296 g/mol. The van der Waals surface area contributed by atoms with E-state index in [-0.39, 0.29) is 0 Å². The summed E-state index contributed by atoms with van der Waals surface area (Å²) in [5.41, 5.74) is 3.94. The Bertz CT molecular complexity index is 565. The van der Waals surface area contributed by atoms with Gasteiger partial charge < -0.3 is 15.0 Å². The smallest absolute Gasteiger partial charge is 0.0642 e. The van der Waals surface area contributed by atoms with Crippen LogP contribution in [0, 0.1) is 0 Å². The van der Waals surface area contributed by atoms with Crippen LogP contribution < -0.4 is 10.2 Å². The van der Waals surface area contributed by atoms with Crippen molar-refractivity contribution in [1.29, 1.82) is 0 Å². The minimum absolute atomic E-state index is 0.822. The molecule has 1 heterocycles. The fourth-order valence-corrected chi connectivity index (χ4v) is 2.86. The first-order valence-corrected chi connectivity index (χ1v) is 8.13. The average molecular weight is 296 g/mol. The molecule has 22 heavy (non-hydrogen) atoms. The molecule has 2 aromatic rings. The largest absolute Gasteiger partial charge is 0.383 e. The van der Waals surface area contributed by atoms with E-state index in [1.165, 1.54) is 16.9 Å². The predicted molar refractivity (Wildman–Crippen MR) is 92.7 cm³/mol. The van der Waals surface area contributed by atoms with Gasteiger partial charge in [-0.15, -0.1) is 0 Å². The van der Waals surface area contributed by atoms with Gasteiger partial charge in [-0.1, -0.05) is 42.5 Å². The van der Waals surface area contributed by atoms with Crippen LogP contribution in [0.5, 0.6) is 0 Å². The van der Waals surface area contributed by atoms with Gasteiger partial charge in [0.05, 0.1) is 24.6 Å². The number of benzene rings is 2. The molecule has 3 heteroatoms. The first kappa shape index (κ1) is 14.9. The molecule has 2 aromatic carbocycles. The second-order valence-corrected chi connectivity index (χ2v) is 5.63. The lowest BCUT2D eigenvalue weighted by molar-refractivity contribution is 0.123. The van der Waals surface area contributed by atoms with Crippen molar-refractivity contribution in [3.05, 3.63) is 60.2 Å². The quantitative estimate of drug-likeness (QED) is 0.825. The summed E-state index contributed by atoms with van der Waals surface area (Å²) in [5.74, 6) is 0. The zero-order valence-electron chi connectivity index (χ0n) is 13.0. The molecule has 0 atom stereocenters.